The molecule has 0 aromatic heterocycles. The van der Waals surface area contributed by atoms with Gasteiger partial charge in [-0.1, -0.05) is 111 Å². The van der Waals surface area contributed by atoms with Crippen LogP contribution >= 0.6 is 0 Å². The number of allylic oxidation sites excluding steroid dienone is 1. The summed E-state index contributed by atoms with van der Waals surface area (Å²) in [7, 11) is -3.33. The molecule has 0 radical (unpaired) electrons. The van der Waals surface area contributed by atoms with Gasteiger partial charge < -0.3 is 9.47 Å². The maximum absolute atomic E-state index is 13.2. The first-order valence-corrected chi connectivity index (χ1v) is 24.0. The fourth-order valence-corrected chi connectivity index (χ4v) is 8.54. The van der Waals surface area contributed by atoms with E-state index in [2.05, 4.69) is 100 Å². The van der Waals surface area contributed by atoms with Crippen molar-refractivity contribution in [2.24, 2.45) is 0 Å². The van der Waals surface area contributed by atoms with Crippen molar-refractivity contribution in [1.82, 2.24) is 0 Å². The van der Waals surface area contributed by atoms with Gasteiger partial charge in [-0.2, -0.15) is 0 Å². The monoisotopic (exact) mass is 696 g/mol. The molecule has 1 unspecified atom stereocenters. The molecule has 0 N–H and O–H groups in total. The molecular weight excluding hydrogens is 649 g/mol. The number of ether oxygens (including phenoxy) is 2. The molecule has 3 aromatic rings. The van der Waals surface area contributed by atoms with Gasteiger partial charge in [0, 0.05) is 28.2 Å². The number of carbonyl (C=O) groups is 2. The van der Waals surface area contributed by atoms with Gasteiger partial charge in [0.1, 0.15) is 14.7 Å². The lowest BCUT2D eigenvalue weighted by Crippen LogP contribution is -2.45. The molecule has 50 heavy (non-hydrogen) atoms. The minimum absolute atomic E-state index is 0.184. The van der Waals surface area contributed by atoms with E-state index in [4.69, 9.17) is 9.47 Å². The molecule has 256 valence electrons. The van der Waals surface area contributed by atoms with Crippen molar-refractivity contribution in [3.05, 3.63) is 112 Å². The molecule has 5 rings (SSSR count). The van der Waals surface area contributed by atoms with Crippen molar-refractivity contribution in [1.29, 1.82) is 0 Å². The summed E-state index contributed by atoms with van der Waals surface area (Å²) in [6, 6.07) is 17.5. The molecule has 0 bridgehead atoms. The van der Waals surface area contributed by atoms with Gasteiger partial charge in [0.2, 0.25) is 5.78 Å². The number of ketones is 2. The predicted molar refractivity (Wildman–Crippen MR) is 212 cm³/mol. The lowest BCUT2D eigenvalue weighted by Gasteiger charge is -2.33. The van der Waals surface area contributed by atoms with Crippen molar-refractivity contribution in [2.45, 2.75) is 72.6 Å². The molecule has 3 aromatic carbocycles. The third-order valence-corrected chi connectivity index (χ3v) is 11.2. The number of hydrogen-bond donors (Lipinski definition) is 0. The summed E-state index contributed by atoms with van der Waals surface area (Å²) in [5.74, 6) is 14.3. The maximum Gasteiger partial charge on any atom is 0.236 e. The summed E-state index contributed by atoms with van der Waals surface area (Å²) in [5.41, 5.74) is 13.2. The first kappa shape index (κ1) is 38.3. The fraction of sp³-hybridized carbons (Fsp3) is 0.318. The highest BCUT2D eigenvalue weighted by Crippen LogP contribution is 2.42. The van der Waals surface area contributed by atoms with Gasteiger partial charge in [-0.15, -0.1) is 5.54 Å². The summed E-state index contributed by atoms with van der Waals surface area (Å²) in [6.45, 7) is 25.8. The van der Waals surface area contributed by atoms with Crippen LogP contribution in [0.4, 0.5) is 0 Å². The number of fused-ring (bicyclic) bond motifs is 4. The van der Waals surface area contributed by atoms with Crippen LogP contribution < -0.4 is 5.19 Å². The SMILES string of the molecule is C=C(C)C1COCc2c1cc1c(c2[Si](C)(C)C)C(=O)c2ccccc2-1.CC(C)=CCOCC#CC#Cc1ccccc1C(=O)C#C[Si](C)(C)C. The smallest absolute Gasteiger partial charge is 0.236 e. The Morgan fingerprint density at radius 1 is 0.960 bits per heavy atom. The first-order valence-electron chi connectivity index (χ1n) is 17.0. The molecule has 2 aliphatic rings. The van der Waals surface area contributed by atoms with Crippen LogP contribution in [0.1, 0.15) is 69.7 Å². The Bertz CT molecular complexity index is 2030. The summed E-state index contributed by atoms with van der Waals surface area (Å²) in [4.78, 5) is 25.5. The first-order chi connectivity index (χ1) is 23.6. The molecule has 0 saturated heterocycles. The second kappa shape index (κ2) is 16.5. The van der Waals surface area contributed by atoms with E-state index < -0.39 is 16.1 Å². The highest BCUT2D eigenvalue weighted by molar-refractivity contribution is 6.90. The second-order valence-corrected chi connectivity index (χ2v) is 24.8. The van der Waals surface area contributed by atoms with Gasteiger partial charge in [0.15, 0.2) is 5.78 Å². The average molecular weight is 697 g/mol. The van der Waals surface area contributed by atoms with E-state index in [0.717, 1.165) is 27.8 Å². The summed E-state index contributed by atoms with van der Waals surface area (Å²) >= 11 is 0. The zero-order chi connectivity index (χ0) is 36.6. The van der Waals surface area contributed by atoms with Gasteiger partial charge >= 0.3 is 0 Å². The number of benzene rings is 3. The molecule has 0 fully saturated rings. The van der Waals surface area contributed by atoms with Gasteiger partial charge in [-0.3, -0.25) is 9.59 Å². The number of carbonyl (C=O) groups excluding carboxylic acids is 2. The average Bonchev–Trinajstić information content (AvgIpc) is 3.33. The number of Topliss-reactive ketones (excluding diaryl/α,β-unsaturated/α-hetero) is 1. The topological polar surface area (TPSA) is 52.6 Å². The summed E-state index contributed by atoms with van der Waals surface area (Å²) in [5, 5.41) is 1.28. The largest absolute Gasteiger partial charge is 0.376 e. The highest BCUT2D eigenvalue weighted by atomic mass is 28.3. The van der Waals surface area contributed by atoms with Crippen molar-refractivity contribution >= 4 is 32.9 Å². The fourth-order valence-electron chi connectivity index (χ4n) is 5.93. The standard InChI is InChI=1S/2C22H24O2Si/c1-13(2)18-11-24-12-19-16(18)10-17-14-8-6-7-9-15(14)21(23)20(17)22(19)25(3,4)5;1-19(2)14-17-24-16-10-6-7-11-20-12-8-9-13-21(20)22(23)15-18-25(3,4)5/h6-10,18H,1,11-12H2,2-5H3;8-9,12-14H,16-17H2,1-5H3. The lowest BCUT2D eigenvalue weighted by atomic mass is 9.85. The van der Waals surface area contributed by atoms with Gasteiger partial charge in [0.05, 0.1) is 27.9 Å². The van der Waals surface area contributed by atoms with Crippen LogP contribution in [-0.2, 0) is 16.1 Å². The molecule has 1 aliphatic carbocycles. The zero-order valence-corrected chi connectivity index (χ0v) is 33.0. The van der Waals surface area contributed by atoms with E-state index in [-0.39, 0.29) is 17.5 Å². The van der Waals surface area contributed by atoms with E-state index in [1.54, 1.807) is 6.07 Å². The van der Waals surface area contributed by atoms with Crippen LogP contribution in [0, 0.1) is 35.1 Å². The molecule has 1 atom stereocenters. The molecule has 0 spiro atoms. The van der Waals surface area contributed by atoms with Crippen LogP contribution in [0.5, 0.6) is 0 Å². The minimum atomic E-state index is -1.75. The quantitative estimate of drug-likeness (QED) is 0.0666. The molecular formula is C44H48O4Si2. The third-order valence-electron chi connectivity index (χ3n) is 8.26. The predicted octanol–water partition coefficient (Wildman–Crippen LogP) is 8.72. The van der Waals surface area contributed by atoms with Gasteiger partial charge in [-0.25, -0.2) is 0 Å². The maximum atomic E-state index is 13.2. The zero-order valence-electron chi connectivity index (χ0n) is 31.0. The Hall–Kier alpha value is -4.49. The van der Waals surface area contributed by atoms with E-state index in [0.29, 0.717) is 37.6 Å². The van der Waals surface area contributed by atoms with E-state index in [9.17, 15) is 9.59 Å². The van der Waals surface area contributed by atoms with E-state index >= 15 is 0 Å². The highest BCUT2D eigenvalue weighted by Gasteiger charge is 2.38. The van der Waals surface area contributed by atoms with Gasteiger partial charge in [0.25, 0.3) is 0 Å². The Kier molecular flexibility index (Phi) is 12.6. The molecule has 6 heteroatoms. The molecule has 0 amide bonds. The van der Waals surface area contributed by atoms with Crippen LogP contribution in [-0.4, -0.2) is 47.5 Å². The minimum Gasteiger partial charge on any atom is -0.376 e. The Morgan fingerprint density at radius 2 is 1.64 bits per heavy atom. The number of rotatable bonds is 6. The summed E-state index contributed by atoms with van der Waals surface area (Å²) in [6.07, 6.45) is 2.00. The molecule has 1 aliphatic heterocycles. The Morgan fingerprint density at radius 3 is 2.30 bits per heavy atom. The van der Waals surface area contributed by atoms with Crippen LogP contribution in [0.15, 0.2) is 78.4 Å². The summed E-state index contributed by atoms with van der Waals surface area (Å²) < 4.78 is 11.3. The second-order valence-electron chi connectivity index (χ2n) is 15.0. The third kappa shape index (κ3) is 9.60. The normalized spacial score (nSPS) is 14.0. The van der Waals surface area contributed by atoms with Crippen molar-refractivity contribution in [2.75, 3.05) is 19.8 Å². The van der Waals surface area contributed by atoms with Crippen LogP contribution in [0.2, 0.25) is 39.3 Å². The lowest BCUT2D eigenvalue weighted by molar-refractivity contribution is 0.0990. The van der Waals surface area contributed by atoms with Crippen LogP contribution in [0.25, 0.3) is 11.1 Å². The van der Waals surface area contributed by atoms with E-state index in [1.807, 2.05) is 56.3 Å². The molecule has 1 heterocycles. The van der Waals surface area contributed by atoms with Gasteiger partial charge in [-0.05, 0) is 84.2 Å². The van der Waals surface area contributed by atoms with Crippen molar-refractivity contribution in [3.63, 3.8) is 0 Å². The van der Waals surface area contributed by atoms with E-state index in [1.165, 1.54) is 21.9 Å². The Labute approximate surface area is 301 Å². The number of hydrogen-bond acceptors (Lipinski definition) is 4. The molecule has 0 saturated carbocycles. The van der Waals surface area contributed by atoms with Crippen molar-refractivity contribution < 1.29 is 19.1 Å². The van der Waals surface area contributed by atoms with Crippen molar-refractivity contribution in [3.8, 4) is 46.3 Å². The molecule has 4 nitrogen and oxygen atoms in total. The van der Waals surface area contributed by atoms with Crippen LogP contribution in [0.3, 0.4) is 0 Å². The Balaban J connectivity index is 0.000000225.